The number of hydrogen-bond acceptors (Lipinski definition) is 5. The molecule has 1 aliphatic rings. The maximum absolute atomic E-state index is 11.9. The molecule has 0 bridgehead atoms. The summed E-state index contributed by atoms with van der Waals surface area (Å²) in [5, 5.41) is 7.50. The van der Waals surface area contributed by atoms with Crippen molar-refractivity contribution in [3.05, 3.63) is 29.8 Å². The van der Waals surface area contributed by atoms with Crippen molar-refractivity contribution < 1.29 is 14.3 Å². The Hall–Kier alpha value is -2.04. The summed E-state index contributed by atoms with van der Waals surface area (Å²) in [5.41, 5.74) is 0.906. The van der Waals surface area contributed by atoms with Gasteiger partial charge in [0, 0.05) is 5.56 Å². The number of hydrogen-bond donors (Lipinski definition) is 0. The molecule has 82 valence electrons. The highest BCUT2D eigenvalue weighted by molar-refractivity contribution is 6.15. The Bertz CT molecular complexity index is 468. The van der Waals surface area contributed by atoms with Crippen molar-refractivity contribution in [3.8, 4) is 0 Å². The predicted octanol–water partition coefficient (Wildman–Crippen LogP) is 1.90. The van der Waals surface area contributed by atoms with E-state index in [-0.39, 0.29) is 12.4 Å². The molecule has 0 aromatic heterocycles. The number of ketones is 1. The molecule has 1 unspecified atom stereocenters. The average molecular weight is 218 g/mol. The second kappa shape index (κ2) is 4.22. The molecule has 0 N–H and O–H groups in total. The van der Waals surface area contributed by atoms with E-state index in [9.17, 15) is 9.59 Å². The fraction of sp³-hybridized carbons (Fsp3) is 0.273. The zero-order chi connectivity index (χ0) is 11.5. The van der Waals surface area contributed by atoms with Gasteiger partial charge >= 0.3 is 5.97 Å². The zero-order valence-electron chi connectivity index (χ0n) is 8.71. The topological polar surface area (TPSA) is 68.1 Å². The molecule has 0 fully saturated rings. The van der Waals surface area contributed by atoms with Gasteiger partial charge in [-0.1, -0.05) is 12.1 Å². The van der Waals surface area contributed by atoms with E-state index in [1.807, 2.05) is 0 Å². The summed E-state index contributed by atoms with van der Waals surface area (Å²) in [6.45, 7) is 1.90. The van der Waals surface area contributed by atoms with Crippen molar-refractivity contribution in [1.82, 2.24) is 0 Å². The van der Waals surface area contributed by atoms with Gasteiger partial charge in [-0.2, -0.15) is 10.2 Å². The van der Waals surface area contributed by atoms with E-state index in [0.717, 1.165) is 0 Å². The number of nitrogens with zero attached hydrogens (tertiary/aromatic N) is 2. The Balaban J connectivity index is 2.31. The standard InChI is InChI=1S/C11H10N2O3/c1-2-16-11(15)9-10(14)7-5-3-4-6-8(7)12-13-9/h3-6,9H,2H2,1H3. The highest BCUT2D eigenvalue weighted by Gasteiger charge is 2.33. The summed E-state index contributed by atoms with van der Waals surface area (Å²) < 4.78 is 4.75. The number of rotatable bonds is 2. The molecule has 0 spiro atoms. The zero-order valence-corrected chi connectivity index (χ0v) is 8.71. The Morgan fingerprint density at radius 3 is 2.94 bits per heavy atom. The fourth-order valence-electron chi connectivity index (χ4n) is 1.46. The first-order valence-electron chi connectivity index (χ1n) is 4.94. The third kappa shape index (κ3) is 1.71. The smallest absolute Gasteiger partial charge is 0.341 e. The summed E-state index contributed by atoms with van der Waals surface area (Å²) in [6.07, 6.45) is 0. The molecular formula is C11H10N2O3. The number of esters is 1. The average Bonchev–Trinajstić information content (AvgIpc) is 2.30. The van der Waals surface area contributed by atoms with E-state index in [1.165, 1.54) is 0 Å². The molecule has 16 heavy (non-hydrogen) atoms. The Morgan fingerprint density at radius 1 is 1.44 bits per heavy atom. The quantitative estimate of drug-likeness (QED) is 0.562. The van der Waals surface area contributed by atoms with Crippen LogP contribution in [0.15, 0.2) is 34.5 Å². The Kier molecular flexibility index (Phi) is 2.76. The van der Waals surface area contributed by atoms with Crippen LogP contribution in [-0.2, 0) is 9.53 Å². The van der Waals surface area contributed by atoms with Gasteiger partial charge in [0.05, 0.1) is 12.3 Å². The normalized spacial score (nSPS) is 18.1. The van der Waals surface area contributed by atoms with Crippen molar-refractivity contribution in [3.63, 3.8) is 0 Å². The molecule has 0 amide bonds. The number of azo groups is 1. The maximum atomic E-state index is 11.9. The van der Waals surface area contributed by atoms with E-state index in [2.05, 4.69) is 10.2 Å². The van der Waals surface area contributed by atoms with Crippen LogP contribution >= 0.6 is 0 Å². The minimum Gasteiger partial charge on any atom is -0.464 e. The summed E-state index contributed by atoms with van der Waals surface area (Å²) in [7, 11) is 0. The van der Waals surface area contributed by atoms with Crippen LogP contribution in [-0.4, -0.2) is 24.4 Å². The van der Waals surface area contributed by atoms with Crippen LogP contribution in [0.25, 0.3) is 0 Å². The van der Waals surface area contributed by atoms with Gasteiger partial charge < -0.3 is 4.74 Å². The monoisotopic (exact) mass is 218 g/mol. The van der Waals surface area contributed by atoms with Gasteiger partial charge in [-0.25, -0.2) is 4.79 Å². The first kappa shape index (κ1) is 10.5. The van der Waals surface area contributed by atoms with Crippen molar-refractivity contribution in [2.45, 2.75) is 13.0 Å². The molecule has 0 aliphatic carbocycles. The van der Waals surface area contributed by atoms with Crippen LogP contribution in [0.2, 0.25) is 0 Å². The SMILES string of the molecule is CCOC(=O)C1N=Nc2ccccc2C1=O. The molecule has 1 aliphatic heterocycles. The number of carbonyl (C=O) groups excluding carboxylic acids is 2. The lowest BCUT2D eigenvalue weighted by molar-refractivity contribution is -0.143. The molecule has 5 heteroatoms. The summed E-state index contributed by atoms with van der Waals surface area (Å²) in [4.78, 5) is 23.3. The maximum Gasteiger partial charge on any atom is 0.341 e. The van der Waals surface area contributed by atoms with Gasteiger partial charge in [-0.05, 0) is 19.1 Å². The highest BCUT2D eigenvalue weighted by Crippen LogP contribution is 2.26. The van der Waals surface area contributed by atoms with Gasteiger partial charge in [0.1, 0.15) is 0 Å². The first-order chi connectivity index (χ1) is 7.74. The van der Waals surface area contributed by atoms with Crippen molar-refractivity contribution >= 4 is 17.4 Å². The van der Waals surface area contributed by atoms with E-state index in [1.54, 1.807) is 31.2 Å². The number of fused-ring (bicyclic) bond motifs is 1. The molecule has 5 nitrogen and oxygen atoms in total. The molecule has 1 aromatic carbocycles. The van der Waals surface area contributed by atoms with Crippen molar-refractivity contribution in [1.29, 1.82) is 0 Å². The Labute approximate surface area is 92.1 Å². The second-order valence-corrected chi connectivity index (χ2v) is 3.25. The molecule has 1 heterocycles. The number of benzene rings is 1. The fourth-order valence-corrected chi connectivity index (χ4v) is 1.46. The summed E-state index contributed by atoms with van der Waals surface area (Å²) in [5.74, 6) is -1.00. The predicted molar refractivity (Wildman–Crippen MR) is 55.7 cm³/mol. The van der Waals surface area contributed by atoms with Crippen LogP contribution in [0.3, 0.4) is 0 Å². The molecule has 1 atom stereocenters. The molecule has 2 rings (SSSR count). The van der Waals surface area contributed by atoms with E-state index >= 15 is 0 Å². The van der Waals surface area contributed by atoms with E-state index in [4.69, 9.17) is 4.74 Å². The largest absolute Gasteiger partial charge is 0.464 e. The molecule has 0 saturated heterocycles. The lowest BCUT2D eigenvalue weighted by Gasteiger charge is -2.14. The van der Waals surface area contributed by atoms with Gasteiger partial charge in [0.2, 0.25) is 11.8 Å². The van der Waals surface area contributed by atoms with E-state index < -0.39 is 12.0 Å². The van der Waals surface area contributed by atoms with Crippen LogP contribution in [0, 0.1) is 0 Å². The third-order valence-corrected chi connectivity index (χ3v) is 2.21. The van der Waals surface area contributed by atoms with Crippen molar-refractivity contribution in [2.24, 2.45) is 10.2 Å². The van der Waals surface area contributed by atoms with Gasteiger partial charge in [0.25, 0.3) is 0 Å². The molecule has 0 saturated carbocycles. The van der Waals surface area contributed by atoms with Crippen LogP contribution in [0.5, 0.6) is 0 Å². The molecular weight excluding hydrogens is 208 g/mol. The van der Waals surface area contributed by atoms with Crippen LogP contribution < -0.4 is 0 Å². The lowest BCUT2D eigenvalue weighted by Crippen LogP contribution is -2.31. The molecule has 0 radical (unpaired) electrons. The first-order valence-corrected chi connectivity index (χ1v) is 4.94. The highest BCUT2D eigenvalue weighted by atomic mass is 16.5. The minimum atomic E-state index is -1.14. The molecule has 1 aromatic rings. The lowest BCUT2D eigenvalue weighted by atomic mass is 10.0. The van der Waals surface area contributed by atoms with Gasteiger partial charge in [-0.3, -0.25) is 4.79 Å². The van der Waals surface area contributed by atoms with Gasteiger partial charge in [0.15, 0.2) is 0 Å². The third-order valence-electron chi connectivity index (χ3n) is 2.21. The van der Waals surface area contributed by atoms with Gasteiger partial charge in [-0.15, -0.1) is 0 Å². The summed E-state index contributed by atoms with van der Waals surface area (Å²) in [6, 6.07) is 5.64. The number of Topliss-reactive ketones (excluding diaryl/α,β-unsaturated/α-hetero) is 1. The van der Waals surface area contributed by atoms with E-state index in [0.29, 0.717) is 11.3 Å². The van der Waals surface area contributed by atoms with Crippen molar-refractivity contribution in [2.75, 3.05) is 6.61 Å². The number of carbonyl (C=O) groups is 2. The minimum absolute atomic E-state index is 0.222. The summed E-state index contributed by atoms with van der Waals surface area (Å²) >= 11 is 0. The van der Waals surface area contributed by atoms with Crippen LogP contribution in [0.1, 0.15) is 17.3 Å². The van der Waals surface area contributed by atoms with Crippen LogP contribution in [0.4, 0.5) is 5.69 Å². The second-order valence-electron chi connectivity index (χ2n) is 3.25. The Morgan fingerprint density at radius 2 is 2.19 bits per heavy atom. The number of ether oxygens (including phenoxy) is 1.